The summed E-state index contributed by atoms with van der Waals surface area (Å²) in [6, 6.07) is 10.1. The minimum absolute atomic E-state index is 0.0427. The van der Waals surface area contributed by atoms with E-state index in [1.165, 1.54) is 11.8 Å². The maximum atomic E-state index is 12.3. The monoisotopic (exact) mass is 333 g/mol. The van der Waals surface area contributed by atoms with Crippen molar-refractivity contribution in [3.8, 4) is 6.07 Å². The Hall–Kier alpha value is -1.58. The van der Waals surface area contributed by atoms with Gasteiger partial charge in [0.05, 0.1) is 21.5 Å². The lowest BCUT2D eigenvalue weighted by molar-refractivity contribution is -0.121. The van der Waals surface area contributed by atoms with Crippen LogP contribution in [0.2, 0.25) is 0 Å². The Morgan fingerprint density at radius 2 is 2.09 bits per heavy atom. The summed E-state index contributed by atoms with van der Waals surface area (Å²) in [5.41, 5.74) is 0.103. The lowest BCUT2D eigenvalue weighted by Gasteiger charge is -2.28. The highest BCUT2D eigenvalue weighted by Crippen LogP contribution is 2.32. The molecule has 0 aliphatic carbocycles. The highest BCUT2D eigenvalue weighted by Gasteiger charge is 2.32. The van der Waals surface area contributed by atoms with E-state index in [1.54, 1.807) is 18.3 Å². The number of hydrogen-bond donors (Lipinski definition) is 1. The molecular weight excluding hydrogens is 314 g/mol. The highest BCUT2D eigenvalue weighted by molar-refractivity contribution is 8.02. The number of hydrogen-bond acceptors (Lipinski definition) is 5. The number of carbonyl (C=O) groups is 1. The van der Waals surface area contributed by atoms with Crippen molar-refractivity contribution in [1.29, 1.82) is 5.26 Å². The minimum atomic E-state index is -0.848. The number of thioether (sulfide) groups is 1. The van der Waals surface area contributed by atoms with Crippen molar-refractivity contribution in [3.63, 3.8) is 0 Å². The first kappa shape index (κ1) is 16.8. The number of benzene rings is 1. The van der Waals surface area contributed by atoms with Crippen LogP contribution in [0.25, 0.3) is 10.2 Å². The molecule has 116 valence electrons. The number of para-hydroxylation sites is 1. The fourth-order valence-corrected chi connectivity index (χ4v) is 3.98. The molecule has 0 radical (unpaired) electrons. The van der Waals surface area contributed by atoms with Gasteiger partial charge in [0.2, 0.25) is 5.91 Å². The second-order valence-electron chi connectivity index (χ2n) is 5.67. The molecule has 6 heteroatoms. The first-order chi connectivity index (χ1) is 10.4. The Labute approximate surface area is 138 Å². The highest BCUT2D eigenvalue weighted by atomic mass is 32.2. The van der Waals surface area contributed by atoms with Crippen LogP contribution in [0.1, 0.15) is 27.7 Å². The summed E-state index contributed by atoms with van der Waals surface area (Å²) >= 11 is 3.01. The lowest BCUT2D eigenvalue weighted by Crippen LogP contribution is -2.51. The van der Waals surface area contributed by atoms with Crippen LogP contribution in [0.5, 0.6) is 0 Å². The van der Waals surface area contributed by atoms with E-state index < -0.39 is 5.54 Å². The van der Waals surface area contributed by atoms with Crippen molar-refractivity contribution in [2.45, 2.75) is 42.8 Å². The molecule has 1 N–H and O–H groups in total. The maximum absolute atomic E-state index is 12.3. The minimum Gasteiger partial charge on any atom is -0.337 e. The predicted molar refractivity (Wildman–Crippen MR) is 91.9 cm³/mol. The van der Waals surface area contributed by atoms with Crippen LogP contribution in [0.4, 0.5) is 0 Å². The molecule has 0 fully saturated rings. The normalized spacial score (nSPS) is 15.3. The number of nitrogens with zero attached hydrogens (tertiary/aromatic N) is 2. The molecule has 2 rings (SSSR count). The molecule has 2 aromatic rings. The van der Waals surface area contributed by atoms with Gasteiger partial charge in [0, 0.05) is 0 Å². The molecule has 0 spiro atoms. The first-order valence-corrected chi connectivity index (χ1v) is 8.81. The molecule has 1 heterocycles. The van der Waals surface area contributed by atoms with Gasteiger partial charge in [-0.3, -0.25) is 4.79 Å². The van der Waals surface area contributed by atoms with Gasteiger partial charge in [-0.2, -0.15) is 5.26 Å². The van der Waals surface area contributed by atoms with Crippen molar-refractivity contribution in [1.82, 2.24) is 10.3 Å². The zero-order valence-corrected chi connectivity index (χ0v) is 14.7. The molecule has 0 aliphatic rings. The molecule has 1 aromatic heterocycles. The average molecular weight is 333 g/mol. The summed E-state index contributed by atoms with van der Waals surface area (Å²) < 4.78 is 1.98. The molecule has 0 unspecified atom stereocenters. The van der Waals surface area contributed by atoms with Crippen LogP contribution < -0.4 is 5.32 Å². The van der Waals surface area contributed by atoms with Crippen LogP contribution in [0.3, 0.4) is 0 Å². The molecule has 0 bridgehead atoms. The van der Waals surface area contributed by atoms with Gasteiger partial charge in [-0.15, -0.1) is 11.3 Å². The standard InChI is InChI=1S/C16H19N3OS2/c1-10(2)16(4,9-17)19-14(20)11(3)21-15-18-12-7-5-6-8-13(12)22-15/h5-8,10-11H,1-4H3,(H,19,20)/t11-,16-/m0/s1. The van der Waals surface area contributed by atoms with Gasteiger partial charge in [0.15, 0.2) is 4.34 Å². The summed E-state index contributed by atoms with van der Waals surface area (Å²) in [6.45, 7) is 7.44. The number of fused-ring (bicyclic) bond motifs is 1. The van der Waals surface area contributed by atoms with E-state index in [1.807, 2.05) is 45.0 Å². The number of aromatic nitrogens is 1. The van der Waals surface area contributed by atoms with Gasteiger partial charge < -0.3 is 5.32 Å². The Kier molecular flexibility index (Phi) is 5.09. The quantitative estimate of drug-likeness (QED) is 0.845. The van der Waals surface area contributed by atoms with Gasteiger partial charge in [-0.05, 0) is 31.9 Å². The third-order valence-electron chi connectivity index (χ3n) is 3.69. The van der Waals surface area contributed by atoms with E-state index >= 15 is 0 Å². The zero-order valence-electron chi connectivity index (χ0n) is 13.1. The third kappa shape index (κ3) is 3.60. The molecule has 1 amide bonds. The molecule has 22 heavy (non-hydrogen) atoms. The van der Waals surface area contributed by atoms with Crippen LogP contribution in [-0.4, -0.2) is 21.7 Å². The van der Waals surface area contributed by atoms with E-state index in [2.05, 4.69) is 16.4 Å². The van der Waals surface area contributed by atoms with Gasteiger partial charge in [0.25, 0.3) is 0 Å². The van der Waals surface area contributed by atoms with E-state index in [0.29, 0.717) is 0 Å². The van der Waals surface area contributed by atoms with Crippen molar-refractivity contribution < 1.29 is 4.79 Å². The van der Waals surface area contributed by atoms with Crippen molar-refractivity contribution in [2.24, 2.45) is 5.92 Å². The van der Waals surface area contributed by atoms with Gasteiger partial charge in [0.1, 0.15) is 5.54 Å². The van der Waals surface area contributed by atoms with E-state index in [9.17, 15) is 10.1 Å². The van der Waals surface area contributed by atoms with Crippen molar-refractivity contribution >= 4 is 39.2 Å². The summed E-state index contributed by atoms with van der Waals surface area (Å²) in [7, 11) is 0. The SMILES string of the molecule is CC(C)[C@](C)(C#N)NC(=O)[C@H](C)Sc1nc2ccccc2s1. The van der Waals surface area contributed by atoms with Gasteiger partial charge in [-0.25, -0.2) is 4.98 Å². The fourth-order valence-electron chi connectivity index (χ4n) is 1.77. The smallest absolute Gasteiger partial charge is 0.234 e. The summed E-state index contributed by atoms with van der Waals surface area (Å²) in [4.78, 5) is 16.9. The molecule has 0 saturated heterocycles. The maximum Gasteiger partial charge on any atom is 0.234 e. The van der Waals surface area contributed by atoms with E-state index in [-0.39, 0.29) is 17.1 Å². The summed E-state index contributed by atoms with van der Waals surface area (Å²) in [5.74, 6) is -0.0943. The second-order valence-corrected chi connectivity index (χ2v) is 8.28. The molecule has 2 atom stereocenters. The number of nitriles is 1. The van der Waals surface area contributed by atoms with Gasteiger partial charge in [-0.1, -0.05) is 37.7 Å². The van der Waals surface area contributed by atoms with E-state index in [0.717, 1.165) is 14.6 Å². The molecule has 4 nitrogen and oxygen atoms in total. The molecule has 0 aliphatic heterocycles. The van der Waals surface area contributed by atoms with Crippen LogP contribution in [-0.2, 0) is 4.79 Å². The Morgan fingerprint density at radius 3 is 2.68 bits per heavy atom. The Balaban J connectivity index is 2.07. The second kappa shape index (κ2) is 6.67. The zero-order chi connectivity index (χ0) is 16.3. The van der Waals surface area contributed by atoms with Crippen molar-refractivity contribution in [2.75, 3.05) is 0 Å². The van der Waals surface area contributed by atoms with Crippen LogP contribution >= 0.6 is 23.1 Å². The fraction of sp³-hybridized carbons (Fsp3) is 0.438. The lowest BCUT2D eigenvalue weighted by atomic mass is 9.90. The average Bonchev–Trinajstić information content (AvgIpc) is 2.88. The first-order valence-electron chi connectivity index (χ1n) is 7.11. The Bertz CT molecular complexity index is 686. The number of carbonyl (C=O) groups excluding carboxylic acids is 1. The third-order valence-corrected chi connectivity index (χ3v) is 5.92. The predicted octanol–water partition coefficient (Wildman–Crippen LogP) is 3.83. The Morgan fingerprint density at radius 1 is 1.41 bits per heavy atom. The molecule has 1 aromatic carbocycles. The summed E-state index contributed by atoms with van der Waals surface area (Å²) in [6.07, 6.45) is 0. The summed E-state index contributed by atoms with van der Waals surface area (Å²) in [5, 5.41) is 11.8. The largest absolute Gasteiger partial charge is 0.337 e. The van der Waals surface area contributed by atoms with E-state index in [4.69, 9.17) is 0 Å². The van der Waals surface area contributed by atoms with Crippen molar-refractivity contribution in [3.05, 3.63) is 24.3 Å². The van der Waals surface area contributed by atoms with Crippen LogP contribution in [0.15, 0.2) is 28.6 Å². The number of nitrogens with one attached hydrogen (secondary N) is 1. The number of thiazole rings is 1. The molecular formula is C16H19N3OS2. The van der Waals surface area contributed by atoms with Crippen LogP contribution in [0, 0.1) is 17.2 Å². The topological polar surface area (TPSA) is 65.8 Å². The number of amides is 1. The van der Waals surface area contributed by atoms with Gasteiger partial charge >= 0.3 is 0 Å². The number of rotatable bonds is 5. The molecule has 0 saturated carbocycles.